The van der Waals surface area contributed by atoms with E-state index in [0.717, 1.165) is 4.88 Å². The zero-order chi connectivity index (χ0) is 10.8. The normalized spacial score (nSPS) is 10.3. The Bertz CT molecular complexity index is 486. The Morgan fingerprint density at radius 1 is 1.40 bits per heavy atom. The Kier molecular flexibility index (Phi) is 2.75. The number of methoxy groups -OCH3 is 1. The molecule has 0 unspecified atom stereocenters. The van der Waals surface area contributed by atoms with Gasteiger partial charge < -0.3 is 10.5 Å². The summed E-state index contributed by atoms with van der Waals surface area (Å²) < 4.78 is 5.63. The van der Waals surface area contributed by atoms with Crippen LogP contribution in [0.2, 0.25) is 4.34 Å². The lowest BCUT2D eigenvalue weighted by molar-refractivity contribution is 0.394. The van der Waals surface area contributed by atoms with Crippen molar-refractivity contribution in [2.75, 3.05) is 12.8 Å². The number of hydrogen-bond donors (Lipinski definition) is 1. The molecule has 0 atom stereocenters. The highest BCUT2D eigenvalue weighted by molar-refractivity contribution is 7.19. The number of halogens is 1. The van der Waals surface area contributed by atoms with Crippen molar-refractivity contribution in [2.24, 2.45) is 0 Å². The quantitative estimate of drug-likeness (QED) is 0.877. The molecule has 0 saturated carbocycles. The minimum Gasteiger partial charge on any atom is -0.478 e. The molecule has 0 radical (unpaired) electrons. The Labute approximate surface area is 95.7 Å². The summed E-state index contributed by atoms with van der Waals surface area (Å²) in [5.74, 6) is 0.335. The molecule has 2 N–H and O–H groups in total. The monoisotopic (exact) mass is 241 g/mol. The number of ether oxygens (including phenoxy) is 1. The van der Waals surface area contributed by atoms with E-state index in [9.17, 15) is 0 Å². The number of nitrogen functional groups attached to an aromatic ring is 1. The highest BCUT2D eigenvalue weighted by atomic mass is 35.5. The summed E-state index contributed by atoms with van der Waals surface area (Å²) in [5, 5.41) is 7.84. The molecular weight excluding hydrogens is 234 g/mol. The third-order valence-corrected chi connectivity index (χ3v) is 3.06. The molecule has 15 heavy (non-hydrogen) atoms. The average Bonchev–Trinajstić information content (AvgIpc) is 2.65. The zero-order valence-corrected chi connectivity index (χ0v) is 9.47. The Balaban J connectivity index is 2.42. The van der Waals surface area contributed by atoms with E-state index < -0.39 is 0 Å². The van der Waals surface area contributed by atoms with E-state index in [2.05, 4.69) is 10.2 Å². The number of nitrogens with zero attached hydrogens (tertiary/aromatic N) is 2. The molecule has 2 rings (SSSR count). The molecule has 0 aliphatic heterocycles. The first-order valence-electron chi connectivity index (χ1n) is 4.13. The average molecular weight is 242 g/mol. The maximum absolute atomic E-state index is 5.82. The number of hydrogen-bond acceptors (Lipinski definition) is 5. The highest BCUT2D eigenvalue weighted by Gasteiger charge is 2.07. The smallest absolute Gasteiger partial charge is 0.256 e. The molecule has 0 bridgehead atoms. The Morgan fingerprint density at radius 2 is 2.20 bits per heavy atom. The molecule has 0 amide bonds. The lowest BCUT2D eigenvalue weighted by Gasteiger charge is -2.02. The molecule has 0 aromatic carbocycles. The molecular formula is C9H8ClN3OS. The van der Waals surface area contributed by atoms with Crippen LogP contribution in [0.4, 0.5) is 5.69 Å². The second-order valence-corrected chi connectivity index (χ2v) is 4.51. The van der Waals surface area contributed by atoms with Crippen molar-refractivity contribution in [2.45, 2.75) is 0 Å². The third kappa shape index (κ3) is 2.03. The standard InChI is InChI=1S/C9H8ClN3OS/c1-14-9-5(11)4-6(12-13-9)7-2-3-8(10)15-7/h2-4H,1H3,(H2,11,12). The van der Waals surface area contributed by atoms with Crippen molar-refractivity contribution < 1.29 is 4.74 Å². The second kappa shape index (κ2) is 4.04. The number of nitrogens with two attached hydrogens (primary N) is 1. The summed E-state index contributed by atoms with van der Waals surface area (Å²) in [7, 11) is 1.50. The van der Waals surface area contributed by atoms with Crippen LogP contribution in [0.5, 0.6) is 5.88 Å². The topological polar surface area (TPSA) is 61.0 Å². The predicted octanol–water partition coefficient (Wildman–Crippen LogP) is 2.45. The van der Waals surface area contributed by atoms with Gasteiger partial charge in [0.2, 0.25) is 0 Å². The fourth-order valence-corrected chi connectivity index (χ4v) is 2.12. The van der Waals surface area contributed by atoms with Crippen LogP contribution < -0.4 is 10.5 Å². The fraction of sp³-hybridized carbons (Fsp3) is 0.111. The molecule has 2 heterocycles. The molecule has 0 saturated heterocycles. The van der Waals surface area contributed by atoms with Crippen LogP contribution in [-0.2, 0) is 0 Å². The van der Waals surface area contributed by atoms with E-state index in [1.165, 1.54) is 18.4 Å². The van der Waals surface area contributed by atoms with Gasteiger partial charge in [0.15, 0.2) is 0 Å². The first-order chi connectivity index (χ1) is 7.20. The third-order valence-electron chi connectivity index (χ3n) is 1.81. The SMILES string of the molecule is COc1nnc(-c2ccc(Cl)s2)cc1N. The molecule has 0 spiro atoms. The lowest BCUT2D eigenvalue weighted by atomic mass is 10.3. The van der Waals surface area contributed by atoms with Crippen molar-refractivity contribution in [3.05, 3.63) is 22.5 Å². The van der Waals surface area contributed by atoms with Crippen LogP contribution >= 0.6 is 22.9 Å². The van der Waals surface area contributed by atoms with Gasteiger partial charge in [-0.3, -0.25) is 0 Å². The summed E-state index contributed by atoms with van der Waals surface area (Å²) in [5.41, 5.74) is 6.88. The number of thiophene rings is 1. The van der Waals surface area contributed by atoms with E-state index in [0.29, 0.717) is 21.6 Å². The van der Waals surface area contributed by atoms with E-state index in [1.807, 2.05) is 12.1 Å². The van der Waals surface area contributed by atoms with Crippen LogP contribution in [0.15, 0.2) is 18.2 Å². The van der Waals surface area contributed by atoms with Crippen LogP contribution in [0.1, 0.15) is 0 Å². The molecule has 0 aliphatic carbocycles. The van der Waals surface area contributed by atoms with Gasteiger partial charge in [-0.25, -0.2) is 0 Å². The zero-order valence-electron chi connectivity index (χ0n) is 7.90. The van der Waals surface area contributed by atoms with Gasteiger partial charge in [-0.15, -0.1) is 21.5 Å². The maximum Gasteiger partial charge on any atom is 0.256 e. The first-order valence-corrected chi connectivity index (χ1v) is 5.33. The predicted molar refractivity (Wildman–Crippen MR) is 61.3 cm³/mol. The molecule has 4 nitrogen and oxygen atoms in total. The second-order valence-electron chi connectivity index (χ2n) is 2.80. The van der Waals surface area contributed by atoms with Crippen molar-refractivity contribution >= 4 is 28.6 Å². The fourth-order valence-electron chi connectivity index (χ4n) is 1.13. The molecule has 6 heteroatoms. The van der Waals surface area contributed by atoms with Gasteiger partial charge in [-0.05, 0) is 18.2 Å². The van der Waals surface area contributed by atoms with Crippen molar-refractivity contribution in [3.63, 3.8) is 0 Å². The minimum atomic E-state index is 0.335. The molecule has 78 valence electrons. The van der Waals surface area contributed by atoms with Gasteiger partial charge in [0.05, 0.1) is 22.0 Å². The summed E-state index contributed by atoms with van der Waals surface area (Å²) in [6.45, 7) is 0. The van der Waals surface area contributed by atoms with Gasteiger partial charge in [0.1, 0.15) is 5.69 Å². The number of anilines is 1. The summed E-state index contributed by atoms with van der Waals surface area (Å²) in [6, 6.07) is 5.40. The first kappa shape index (κ1) is 10.2. The summed E-state index contributed by atoms with van der Waals surface area (Å²) in [6.07, 6.45) is 0. The van der Waals surface area contributed by atoms with E-state index >= 15 is 0 Å². The van der Waals surface area contributed by atoms with E-state index in [-0.39, 0.29) is 0 Å². The van der Waals surface area contributed by atoms with Gasteiger partial charge in [-0.2, -0.15) is 0 Å². The van der Waals surface area contributed by atoms with Gasteiger partial charge in [-0.1, -0.05) is 11.6 Å². The summed E-state index contributed by atoms with van der Waals surface area (Å²) >= 11 is 7.25. The molecule has 2 aromatic rings. The lowest BCUT2D eigenvalue weighted by Crippen LogP contribution is -1.98. The van der Waals surface area contributed by atoms with Crippen molar-refractivity contribution in [3.8, 4) is 16.5 Å². The van der Waals surface area contributed by atoms with E-state index in [1.54, 1.807) is 6.07 Å². The molecule has 0 aliphatic rings. The van der Waals surface area contributed by atoms with Crippen molar-refractivity contribution in [1.29, 1.82) is 0 Å². The van der Waals surface area contributed by atoms with Crippen LogP contribution in [-0.4, -0.2) is 17.3 Å². The van der Waals surface area contributed by atoms with Gasteiger partial charge >= 0.3 is 0 Å². The summed E-state index contributed by atoms with van der Waals surface area (Å²) in [4.78, 5) is 0.932. The van der Waals surface area contributed by atoms with E-state index in [4.69, 9.17) is 22.1 Å². The van der Waals surface area contributed by atoms with Crippen LogP contribution in [0.3, 0.4) is 0 Å². The molecule has 0 fully saturated rings. The van der Waals surface area contributed by atoms with Gasteiger partial charge in [0, 0.05) is 0 Å². The van der Waals surface area contributed by atoms with Crippen molar-refractivity contribution in [1.82, 2.24) is 10.2 Å². The Morgan fingerprint density at radius 3 is 2.73 bits per heavy atom. The highest BCUT2D eigenvalue weighted by Crippen LogP contribution is 2.31. The number of rotatable bonds is 2. The molecule has 2 aromatic heterocycles. The number of aromatic nitrogens is 2. The van der Waals surface area contributed by atoms with Gasteiger partial charge in [0.25, 0.3) is 5.88 Å². The minimum absolute atomic E-state index is 0.335. The van der Waals surface area contributed by atoms with Crippen LogP contribution in [0, 0.1) is 0 Å². The van der Waals surface area contributed by atoms with Crippen LogP contribution in [0.25, 0.3) is 10.6 Å². The largest absolute Gasteiger partial charge is 0.478 e. The maximum atomic E-state index is 5.82. The Hall–Kier alpha value is -1.33.